The van der Waals surface area contributed by atoms with Crippen LogP contribution in [0.5, 0.6) is 0 Å². The van der Waals surface area contributed by atoms with Gasteiger partial charge in [0.2, 0.25) is 0 Å². The van der Waals surface area contributed by atoms with Crippen molar-refractivity contribution in [2.45, 2.75) is 13.0 Å². The van der Waals surface area contributed by atoms with Gasteiger partial charge in [0.05, 0.1) is 22.3 Å². The molecule has 0 radical (unpaired) electrons. The quantitative estimate of drug-likeness (QED) is 0.515. The molecule has 0 saturated carbocycles. The van der Waals surface area contributed by atoms with E-state index in [1.807, 2.05) is 73.0 Å². The van der Waals surface area contributed by atoms with E-state index in [1.54, 1.807) is 17.5 Å². The summed E-state index contributed by atoms with van der Waals surface area (Å²) in [6.45, 7) is 1.88. The zero-order valence-corrected chi connectivity index (χ0v) is 16.3. The summed E-state index contributed by atoms with van der Waals surface area (Å²) in [4.78, 5) is 23.8. The van der Waals surface area contributed by atoms with Gasteiger partial charge in [0.25, 0.3) is 5.91 Å². The number of carbonyl (C=O) groups is 1. The fourth-order valence-electron chi connectivity index (χ4n) is 2.83. The maximum atomic E-state index is 13.0. The lowest BCUT2D eigenvalue weighted by Gasteiger charge is -2.18. The summed E-state index contributed by atoms with van der Waals surface area (Å²) in [5.41, 5.74) is 2.54. The molecule has 134 valence electrons. The van der Waals surface area contributed by atoms with Gasteiger partial charge in [-0.15, -0.1) is 22.7 Å². The molecule has 0 fully saturated rings. The van der Waals surface area contributed by atoms with Gasteiger partial charge in [-0.3, -0.25) is 9.78 Å². The molecule has 0 saturated heterocycles. The smallest absolute Gasteiger partial charge is 0.264 e. The van der Waals surface area contributed by atoms with Gasteiger partial charge in [0.15, 0.2) is 0 Å². The number of nitrogens with one attached hydrogen (secondary N) is 1. The molecule has 4 rings (SSSR count). The molecule has 0 bridgehead atoms. The van der Waals surface area contributed by atoms with Crippen molar-refractivity contribution in [2.75, 3.05) is 0 Å². The normalized spacial score (nSPS) is 11.9. The zero-order valence-electron chi connectivity index (χ0n) is 14.6. The molecule has 0 aliphatic rings. The van der Waals surface area contributed by atoms with Crippen molar-refractivity contribution in [3.63, 3.8) is 0 Å². The zero-order chi connectivity index (χ0) is 18.6. The van der Waals surface area contributed by atoms with Crippen LogP contribution in [0.1, 0.15) is 32.7 Å². The minimum Gasteiger partial charge on any atom is -0.339 e. The third kappa shape index (κ3) is 3.82. The number of hydrogen-bond acceptors (Lipinski definition) is 5. The number of benzene rings is 1. The molecule has 3 aromatic heterocycles. The first-order valence-corrected chi connectivity index (χ1v) is 10.2. The first-order valence-electron chi connectivity index (χ1n) is 8.50. The maximum Gasteiger partial charge on any atom is 0.264 e. The van der Waals surface area contributed by atoms with Gasteiger partial charge < -0.3 is 5.32 Å². The summed E-state index contributed by atoms with van der Waals surface area (Å²) in [7, 11) is 0. The lowest BCUT2D eigenvalue weighted by molar-refractivity contribution is 0.0945. The van der Waals surface area contributed by atoms with Gasteiger partial charge >= 0.3 is 0 Å². The monoisotopic (exact) mass is 391 g/mol. The molecule has 4 nitrogen and oxygen atoms in total. The Kier molecular flexibility index (Phi) is 5.09. The average Bonchev–Trinajstić information content (AvgIpc) is 3.37. The van der Waals surface area contributed by atoms with E-state index >= 15 is 0 Å². The number of carbonyl (C=O) groups excluding carboxylic acids is 1. The van der Waals surface area contributed by atoms with E-state index in [0.29, 0.717) is 4.88 Å². The minimum atomic E-state index is -0.313. The van der Waals surface area contributed by atoms with E-state index in [-0.39, 0.29) is 11.9 Å². The largest absolute Gasteiger partial charge is 0.339 e. The van der Waals surface area contributed by atoms with E-state index in [0.717, 1.165) is 26.8 Å². The molecule has 1 aromatic carbocycles. The lowest BCUT2D eigenvalue weighted by Crippen LogP contribution is -2.29. The number of hydrogen-bond donors (Lipinski definition) is 1. The molecule has 1 atom stereocenters. The highest BCUT2D eigenvalue weighted by atomic mass is 32.1. The van der Waals surface area contributed by atoms with Gasteiger partial charge in [-0.1, -0.05) is 42.5 Å². The molecule has 27 heavy (non-hydrogen) atoms. The number of thiophene rings is 1. The summed E-state index contributed by atoms with van der Waals surface area (Å²) in [6, 6.07) is 19.3. The van der Waals surface area contributed by atoms with Crippen LogP contribution in [0.4, 0.5) is 0 Å². The Morgan fingerprint density at radius 3 is 2.56 bits per heavy atom. The number of thiazole rings is 1. The van der Waals surface area contributed by atoms with Gasteiger partial charge in [-0.25, -0.2) is 4.98 Å². The Morgan fingerprint density at radius 1 is 1.04 bits per heavy atom. The number of pyridine rings is 1. The van der Waals surface area contributed by atoms with E-state index in [9.17, 15) is 4.79 Å². The third-order valence-electron chi connectivity index (χ3n) is 4.13. The van der Waals surface area contributed by atoms with Crippen LogP contribution < -0.4 is 5.32 Å². The Hall–Kier alpha value is -2.83. The number of aryl methyl sites for hydroxylation is 1. The molecule has 6 heteroatoms. The molecule has 4 aromatic rings. The summed E-state index contributed by atoms with van der Waals surface area (Å²) in [5, 5.41) is 6.03. The van der Waals surface area contributed by atoms with Gasteiger partial charge in [-0.05, 0) is 36.1 Å². The van der Waals surface area contributed by atoms with E-state index < -0.39 is 0 Å². The number of nitrogens with zero attached hydrogens (tertiary/aromatic N) is 2. The Labute approximate surface area is 165 Å². The van der Waals surface area contributed by atoms with Gasteiger partial charge in [-0.2, -0.15) is 0 Å². The fraction of sp³-hybridized carbons (Fsp3) is 0.0952. The van der Waals surface area contributed by atoms with Crippen LogP contribution in [0.25, 0.3) is 9.88 Å². The van der Waals surface area contributed by atoms with Crippen LogP contribution in [0.2, 0.25) is 0 Å². The minimum absolute atomic E-state index is 0.132. The summed E-state index contributed by atoms with van der Waals surface area (Å²) in [5.74, 6) is -0.132. The summed E-state index contributed by atoms with van der Waals surface area (Å²) in [6.07, 6.45) is 1.74. The highest BCUT2D eigenvalue weighted by molar-refractivity contribution is 7.22. The summed E-state index contributed by atoms with van der Waals surface area (Å²) < 4.78 is 0. The van der Waals surface area contributed by atoms with E-state index in [1.165, 1.54) is 11.3 Å². The molecular formula is C21H17N3OS2. The molecule has 3 heterocycles. The second-order valence-electron chi connectivity index (χ2n) is 5.98. The Bertz CT molecular complexity index is 989. The predicted molar refractivity (Wildman–Crippen MR) is 110 cm³/mol. The molecule has 0 spiro atoms. The topological polar surface area (TPSA) is 54.9 Å². The SMILES string of the molecule is Cc1nc(-c2cccs2)sc1C(=O)NC(c1ccccc1)c1ccccn1. The van der Waals surface area contributed by atoms with Crippen molar-refractivity contribution in [3.8, 4) is 9.88 Å². The fourth-order valence-corrected chi connectivity index (χ4v) is 4.60. The highest BCUT2D eigenvalue weighted by Crippen LogP contribution is 2.31. The van der Waals surface area contributed by atoms with E-state index in [4.69, 9.17) is 0 Å². The van der Waals surface area contributed by atoms with Crippen LogP contribution >= 0.6 is 22.7 Å². The Morgan fingerprint density at radius 2 is 1.85 bits per heavy atom. The van der Waals surface area contributed by atoms with Gasteiger partial charge in [0.1, 0.15) is 9.88 Å². The van der Waals surface area contributed by atoms with Crippen molar-refractivity contribution < 1.29 is 4.79 Å². The number of aromatic nitrogens is 2. The van der Waals surface area contributed by atoms with Crippen LogP contribution in [-0.2, 0) is 0 Å². The lowest BCUT2D eigenvalue weighted by atomic mass is 10.0. The third-order valence-corrected chi connectivity index (χ3v) is 6.32. The average molecular weight is 392 g/mol. The second-order valence-corrected chi connectivity index (χ2v) is 7.93. The molecular weight excluding hydrogens is 374 g/mol. The van der Waals surface area contributed by atoms with Crippen molar-refractivity contribution in [1.82, 2.24) is 15.3 Å². The summed E-state index contributed by atoms with van der Waals surface area (Å²) >= 11 is 3.05. The first-order chi connectivity index (χ1) is 13.2. The predicted octanol–water partition coefficient (Wildman–Crippen LogP) is 5.09. The number of rotatable bonds is 5. The van der Waals surface area contributed by atoms with Gasteiger partial charge in [0, 0.05) is 6.20 Å². The van der Waals surface area contributed by atoms with Crippen LogP contribution in [0.3, 0.4) is 0 Å². The molecule has 1 N–H and O–H groups in total. The van der Waals surface area contributed by atoms with Crippen molar-refractivity contribution in [1.29, 1.82) is 0 Å². The molecule has 0 aliphatic carbocycles. The standard InChI is InChI=1S/C21H17N3OS2/c1-14-19(27-21(23-14)17-11-7-13-26-17)20(25)24-18(15-8-3-2-4-9-15)16-10-5-6-12-22-16/h2-13,18H,1H3,(H,24,25). The van der Waals surface area contributed by atoms with Crippen molar-refractivity contribution in [3.05, 3.63) is 94.1 Å². The van der Waals surface area contributed by atoms with Crippen molar-refractivity contribution >= 4 is 28.6 Å². The molecule has 1 amide bonds. The Balaban J connectivity index is 1.65. The van der Waals surface area contributed by atoms with E-state index in [2.05, 4.69) is 15.3 Å². The van der Waals surface area contributed by atoms with Crippen LogP contribution in [-0.4, -0.2) is 15.9 Å². The number of amides is 1. The van der Waals surface area contributed by atoms with Crippen LogP contribution in [0.15, 0.2) is 72.2 Å². The van der Waals surface area contributed by atoms with Crippen molar-refractivity contribution in [2.24, 2.45) is 0 Å². The first kappa shape index (κ1) is 17.6. The maximum absolute atomic E-state index is 13.0. The molecule has 0 aliphatic heterocycles. The second kappa shape index (κ2) is 7.82. The highest BCUT2D eigenvalue weighted by Gasteiger charge is 2.22. The molecule has 1 unspecified atom stereocenters. The van der Waals surface area contributed by atoms with Crippen LogP contribution in [0, 0.1) is 6.92 Å².